The predicted molar refractivity (Wildman–Crippen MR) is 100 cm³/mol. The number of aromatic nitrogens is 1. The van der Waals surface area contributed by atoms with E-state index < -0.39 is 16.0 Å². The van der Waals surface area contributed by atoms with Gasteiger partial charge in [0.15, 0.2) is 0 Å². The molecule has 0 spiro atoms. The van der Waals surface area contributed by atoms with E-state index in [1.165, 1.54) is 38.4 Å². The van der Waals surface area contributed by atoms with Crippen molar-refractivity contribution < 1.29 is 18.3 Å². The molecule has 0 saturated carbocycles. The average molecular weight is 391 g/mol. The zero-order chi connectivity index (χ0) is 19.1. The highest BCUT2D eigenvalue weighted by atomic mass is 35.5. The third-order valence-electron chi connectivity index (χ3n) is 3.93. The van der Waals surface area contributed by atoms with Crippen LogP contribution in [0.15, 0.2) is 53.4 Å². The number of pyridine rings is 1. The van der Waals surface area contributed by atoms with Crippen LogP contribution in [-0.2, 0) is 10.0 Å². The lowest BCUT2D eigenvalue weighted by Gasteiger charge is -2.13. The number of carboxylic acid groups (broad SMARTS) is 1. The highest BCUT2D eigenvalue weighted by molar-refractivity contribution is 7.89. The fraction of sp³-hybridized carbons (Fsp3) is 0.111. The van der Waals surface area contributed by atoms with Gasteiger partial charge in [-0.1, -0.05) is 23.7 Å². The molecule has 0 saturated heterocycles. The van der Waals surface area contributed by atoms with E-state index >= 15 is 0 Å². The molecule has 0 bridgehead atoms. The van der Waals surface area contributed by atoms with E-state index in [1.54, 1.807) is 24.3 Å². The van der Waals surface area contributed by atoms with E-state index in [9.17, 15) is 18.3 Å². The predicted octanol–water partition coefficient (Wildman–Crippen LogP) is 3.50. The minimum Gasteiger partial charge on any atom is -0.478 e. The molecule has 6 nitrogen and oxygen atoms in total. The van der Waals surface area contributed by atoms with Crippen molar-refractivity contribution in [1.82, 2.24) is 9.29 Å². The van der Waals surface area contributed by atoms with Crippen LogP contribution in [-0.4, -0.2) is 42.9 Å². The van der Waals surface area contributed by atoms with E-state index in [0.717, 1.165) is 4.31 Å². The number of hydrogen-bond acceptors (Lipinski definition) is 4. The van der Waals surface area contributed by atoms with Crippen molar-refractivity contribution in [2.45, 2.75) is 4.90 Å². The number of carboxylic acids is 1. The van der Waals surface area contributed by atoms with Crippen LogP contribution < -0.4 is 0 Å². The Morgan fingerprint density at radius 3 is 2.31 bits per heavy atom. The van der Waals surface area contributed by atoms with Crippen molar-refractivity contribution in [3.8, 4) is 11.3 Å². The van der Waals surface area contributed by atoms with Gasteiger partial charge in [-0.25, -0.2) is 22.5 Å². The maximum absolute atomic E-state index is 12.3. The summed E-state index contributed by atoms with van der Waals surface area (Å²) in [5, 5.41) is 10.4. The van der Waals surface area contributed by atoms with E-state index in [1.807, 2.05) is 0 Å². The van der Waals surface area contributed by atoms with Crippen molar-refractivity contribution in [1.29, 1.82) is 0 Å². The lowest BCUT2D eigenvalue weighted by Crippen LogP contribution is -2.22. The number of benzene rings is 2. The van der Waals surface area contributed by atoms with Gasteiger partial charge in [0.25, 0.3) is 0 Å². The molecule has 0 radical (unpaired) electrons. The summed E-state index contributed by atoms with van der Waals surface area (Å²) in [6, 6.07) is 12.6. The van der Waals surface area contributed by atoms with Crippen LogP contribution in [0.1, 0.15) is 10.4 Å². The molecule has 3 rings (SSSR count). The highest BCUT2D eigenvalue weighted by Crippen LogP contribution is 2.28. The molecule has 0 fully saturated rings. The molecule has 3 aromatic rings. The second-order valence-corrected chi connectivity index (χ2v) is 8.42. The summed E-state index contributed by atoms with van der Waals surface area (Å²) in [7, 11) is -0.848. The lowest BCUT2D eigenvalue weighted by atomic mass is 10.0. The first-order valence-electron chi connectivity index (χ1n) is 7.57. The molecule has 1 heterocycles. The fourth-order valence-corrected chi connectivity index (χ4v) is 3.58. The van der Waals surface area contributed by atoms with Gasteiger partial charge < -0.3 is 5.11 Å². The van der Waals surface area contributed by atoms with Gasteiger partial charge in [0.2, 0.25) is 10.0 Å². The van der Waals surface area contributed by atoms with Gasteiger partial charge in [-0.15, -0.1) is 0 Å². The number of hydrogen-bond donors (Lipinski definition) is 1. The maximum atomic E-state index is 12.3. The van der Waals surface area contributed by atoms with Gasteiger partial charge in [-0.3, -0.25) is 0 Å². The standard InChI is InChI=1S/C18H15ClN2O4S/c1-21(2)26(24,25)13-7-8-16-14(9-13)15(18(22)23)10-17(20-16)11-3-5-12(19)6-4-11/h3-10H,1-2H3,(H,22,23). The Balaban J connectivity index is 2.26. The smallest absolute Gasteiger partial charge is 0.336 e. The fourth-order valence-electron chi connectivity index (χ4n) is 2.52. The third-order valence-corrected chi connectivity index (χ3v) is 5.99. The van der Waals surface area contributed by atoms with E-state index in [4.69, 9.17) is 11.6 Å². The second kappa shape index (κ2) is 6.68. The van der Waals surface area contributed by atoms with Gasteiger partial charge in [-0.2, -0.15) is 0 Å². The summed E-state index contributed by atoms with van der Waals surface area (Å²) >= 11 is 5.89. The number of aromatic carboxylic acids is 1. The van der Waals surface area contributed by atoms with Crippen LogP contribution in [0.3, 0.4) is 0 Å². The summed E-state index contributed by atoms with van der Waals surface area (Å²) in [6.45, 7) is 0. The number of carbonyl (C=O) groups is 1. The van der Waals surface area contributed by atoms with Crippen LogP contribution in [0.4, 0.5) is 0 Å². The molecule has 0 aliphatic carbocycles. The number of nitrogens with zero attached hydrogens (tertiary/aromatic N) is 2. The van der Waals surface area contributed by atoms with Crippen LogP contribution in [0, 0.1) is 0 Å². The summed E-state index contributed by atoms with van der Waals surface area (Å²) in [5.41, 5.74) is 1.56. The largest absolute Gasteiger partial charge is 0.478 e. The lowest BCUT2D eigenvalue weighted by molar-refractivity contribution is 0.0699. The van der Waals surface area contributed by atoms with Crippen molar-refractivity contribution in [2.75, 3.05) is 14.1 Å². The monoisotopic (exact) mass is 390 g/mol. The van der Waals surface area contributed by atoms with Crippen LogP contribution >= 0.6 is 11.6 Å². The molecule has 1 aromatic heterocycles. The third kappa shape index (κ3) is 3.29. The highest BCUT2D eigenvalue weighted by Gasteiger charge is 2.20. The summed E-state index contributed by atoms with van der Waals surface area (Å²) in [4.78, 5) is 16.2. The van der Waals surface area contributed by atoms with Crippen LogP contribution in [0.25, 0.3) is 22.2 Å². The quantitative estimate of drug-likeness (QED) is 0.736. The molecule has 26 heavy (non-hydrogen) atoms. The first-order valence-corrected chi connectivity index (χ1v) is 9.38. The molecule has 0 aliphatic rings. The second-order valence-electron chi connectivity index (χ2n) is 5.83. The Morgan fingerprint density at radius 1 is 1.08 bits per heavy atom. The van der Waals surface area contributed by atoms with Crippen molar-refractivity contribution in [3.63, 3.8) is 0 Å². The van der Waals surface area contributed by atoms with E-state index in [-0.39, 0.29) is 15.8 Å². The first kappa shape index (κ1) is 18.3. The zero-order valence-corrected chi connectivity index (χ0v) is 15.5. The molecule has 134 valence electrons. The molecule has 0 amide bonds. The number of rotatable bonds is 4. The van der Waals surface area contributed by atoms with Crippen LogP contribution in [0.2, 0.25) is 5.02 Å². The first-order chi connectivity index (χ1) is 12.2. The number of fused-ring (bicyclic) bond motifs is 1. The Bertz CT molecular complexity index is 1110. The Morgan fingerprint density at radius 2 is 1.73 bits per heavy atom. The molecule has 0 unspecified atom stereocenters. The molecule has 8 heteroatoms. The van der Waals surface area contributed by atoms with Crippen molar-refractivity contribution >= 4 is 38.5 Å². The average Bonchev–Trinajstić information content (AvgIpc) is 2.60. The van der Waals surface area contributed by atoms with Gasteiger partial charge in [0.05, 0.1) is 21.7 Å². The van der Waals surface area contributed by atoms with Crippen LogP contribution in [0.5, 0.6) is 0 Å². The molecule has 0 atom stereocenters. The van der Waals surface area contributed by atoms with Gasteiger partial charge in [0, 0.05) is 30.1 Å². The molecule has 1 N–H and O–H groups in total. The van der Waals surface area contributed by atoms with E-state index in [2.05, 4.69) is 4.98 Å². The summed E-state index contributed by atoms with van der Waals surface area (Å²) in [5.74, 6) is -1.16. The van der Waals surface area contributed by atoms with Gasteiger partial charge in [0.1, 0.15) is 0 Å². The number of halogens is 1. The molecular formula is C18H15ClN2O4S. The molecule has 0 aliphatic heterocycles. The van der Waals surface area contributed by atoms with E-state index in [0.29, 0.717) is 21.8 Å². The Labute approximate surface area is 155 Å². The molecular weight excluding hydrogens is 376 g/mol. The minimum absolute atomic E-state index is 0.0125. The minimum atomic E-state index is -3.68. The molecule has 2 aromatic carbocycles. The van der Waals surface area contributed by atoms with Gasteiger partial charge in [-0.05, 0) is 36.4 Å². The Hall–Kier alpha value is -2.48. The zero-order valence-electron chi connectivity index (χ0n) is 14.0. The summed E-state index contributed by atoms with van der Waals surface area (Å²) < 4.78 is 25.7. The van der Waals surface area contributed by atoms with Crippen molar-refractivity contribution in [2.24, 2.45) is 0 Å². The van der Waals surface area contributed by atoms with Crippen molar-refractivity contribution in [3.05, 3.63) is 59.1 Å². The number of sulfonamides is 1. The summed E-state index contributed by atoms with van der Waals surface area (Å²) in [6.07, 6.45) is 0. The normalized spacial score (nSPS) is 11.8. The maximum Gasteiger partial charge on any atom is 0.336 e. The van der Waals surface area contributed by atoms with Gasteiger partial charge >= 0.3 is 5.97 Å². The SMILES string of the molecule is CN(C)S(=O)(=O)c1ccc2nc(-c3ccc(Cl)cc3)cc(C(=O)O)c2c1. The Kier molecular flexibility index (Phi) is 4.70. The topological polar surface area (TPSA) is 87.6 Å².